The van der Waals surface area contributed by atoms with Crippen LogP contribution in [-0.2, 0) is 0 Å². The van der Waals surface area contributed by atoms with Crippen molar-refractivity contribution in [3.05, 3.63) is 92.8 Å². The average molecular weight is 441 g/mol. The molecule has 1 aliphatic heterocycles. The van der Waals surface area contributed by atoms with E-state index in [0.717, 1.165) is 48.1 Å². The number of nitrogens with zero attached hydrogens (tertiary/aromatic N) is 4. The molecule has 0 atom stereocenters. The quantitative estimate of drug-likeness (QED) is 0.319. The van der Waals surface area contributed by atoms with Crippen LogP contribution >= 0.6 is 0 Å². The number of aryl methyl sites for hydroxylation is 1. The molecule has 1 aromatic heterocycles. The first-order valence-electron chi connectivity index (χ1n) is 11.2. The molecule has 5 rings (SSSR count). The van der Waals surface area contributed by atoms with E-state index >= 15 is 0 Å². The third-order valence-corrected chi connectivity index (χ3v) is 6.24. The van der Waals surface area contributed by atoms with Crippen LogP contribution in [0.1, 0.15) is 24.8 Å². The first-order chi connectivity index (χ1) is 16.0. The van der Waals surface area contributed by atoms with Crippen LogP contribution in [0.3, 0.4) is 0 Å². The average Bonchev–Trinajstić information content (AvgIpc) is 2.85. The van der Waals surface area contributed by atoms with E-state index in [2.05, 4.69) is 10.00 Å². The van der Waals surface area contributed by atoms with Gasteiger partial charge in [0.1, 0.15) is 5.69 Å². The summed E-state index contributed by atoms with van der Waals surface area (Å²) in [4.78, 5) is 27.1. The van der Waals surface area contributed by atoms with Gasteiger partial charge in [-0.15, -0.1) is 0 Å². The number of hydrogen-bond donors (Lipinski definition) is 0. The molecule has 0 bridgehead atoms. The molecule has 0 amide bonds. The Bertz CT molecular complexity index is 1400. The number of benzene rings is 3. The van der Waals surface area contributed by atoms with Gasteiger partial charge in [-0.3, -0.25) is 14.9 Å². The Labute approximate surface area is 191 Å². The van der Waals surface area contributed by atoms with Crippen LogP contribution in [0, 0.1) is 17.0 Å². The molecule has 1 saturated heterocycles. The van der Waals surface area contributed by atoms with Crippen molar-refractivity contribution in [1.82, 2.24) is 9.78 Å². The fourth-order valence-corrected chi connectivity index (χ4v) is 4.46. The number of nitro groups is 1. The lowest BCUT2D eigenvalue weighted by Crippen LogP contribution is -2.30. The van der Waals surface area contributed by atoms with Crippen molar-refractivity contribution in [2.75, 3.05) is 18.0 Å². The fraction of sp³-hybridized carbons (Fsp3) is 0.231. The molecule has 0 aliphatic carbocycles. The van der Waals surface area contributed by atoms with Crippen LogP contribution < -0.4 is 10.5 Å². The van der Waals surface area contributed by atoms with E-state index in [0.29, 0.717) is 11.1 Å². The molecule has 0 radical (unpaired) electrons. The summed E-state index contributed by atoms with van der Waals surface area (Å²) in [5, 5.41) is 17.8. The highest BCUT2D eigenvalue weighted by molar-refractivity contribution is 5.94. The summed E-state index contributed by atoms with van der Waals surface area (Å²) in [6.45, 7) is 3.80. The van der Waals surface area contributed by atoms with Crippen molar-refractivity contribution in [2.24, 2.45) is 0 Å². The van der Waals surface area contributed by atoms with Gasteiger partial charge in [-0.1, -0.05) is 48.0 Å². The minimum Gasteiger partial charge on any atom is -0.371 e. The zero-order valence-electron chi connectivity index (χ0n) is 18.4. The summed E-state index contributed by atoms with van der Waals surface area (Å²) in [5.41, 5.74) is 3.11. The minimum atomic E-state index is -0.454. The predicted octanol–water partition coefficient (Wildman–Crippen LogP) is 5.26. The Balaban J connectivity index is 1.77. The summed E-state index contributed by atoms with van der Waals surface area (Å²) in [5.74, 6) is 0. The lowest BCUT2D eigenvalue weighted by Gasteiger charge is -2.29. The summed E-state index contributed by atoms with van der Waals surface area (Å²) in [7, 11) is 0. The van der Waals surface area contributed by atoms with Gasteiger partial charge in [-0.25, -0.2) is 0 Å². The smallest absolute Gasteiger partial charge is 0.295 e. The predicted molar refractivity (Wildman–Crippen MR) is 130 cm³/mol. The second-order valence-electron chi connectivity index (χ2n) is 8.46. The maximum Gasteiger partial charge on any atom is 0.295 e. The van der Waals surface area contributed by atoms with Crippen LogP contribution in [-0.4, -0.2) is 27.8 Å². The van der Waals surface area contributed by atoms with Crippen molar-refractivity contribution in [3.8, 4) is 16.9 Å². The second-order valence-corrected chi connectivity index (χ2v) is 8.46. The molecule has 2 heterocycles. The van der Waals surface area contributed by atoms with Gasteiger partial charge < -0.3 is 4.90 Å². The highest BCUT2D eigenvalue weighted by Gasteiger charge is 2.23. The molecule has 7 heteroatoms. The van der Waals surface area contributed by atoms with Gasteiger partial charge >= 0.3 is 0 Å². The number of aromatic nitrogens is 2. The highest BCUT2D eigenvalue weighted by atomic mass is 16.6. The molecule has 7 nitrogen and oxygen atoms in total. The Morgan fingerprint density at radius 3 is 2.30 bits per heavy atom. The zero-order chi connectivity index (χ0) is 22.9. The summed E-state index contributed by atoms with van der Waals surface area (Å²) in [6.07, 6.45) is 3.35. The Hall–Kier alpha value is -4.00. The largest absolute Gasteiger partial charge is 0.371 e. The third-order valence-electron chi connectivity index (χ3n) is 6.24. The first kappa shape index (κ1) is 20.9. The Kier molecular flexibility index (Phi) is 5.38. The molecule has 1 fully saturated rings. The highest BCUT2D eigenvalue weighted by Crippen LogP contribution is 2.31. The van der Waals surface area contributed by atoms with Crippen LogP contribution in [0.2, 0.25) is 0 Å². The van der Waals surface area contributed by atoms with E-state index in [9.17, 15) is 14.9 Å². The molecular weight excluding hydrogens is 416 g/mol. The molecule has 0 unspecified atom stereocenters. The topological polar surface area (TPSA) is 81.3 Å². The number of nitro benzene ring substituents is 1. The van der Waals surface area contributed by atoms with E-state index in [1.807, 2.05) is 43.3 Å². The van der Waals surface area contributed by atoms with E-state index in [1.54, 1.807) is 24.3 Å². The summed E-state index contributed by atoms with van der Waals surface area (Å²) >= 11 is 0. The standard InChI is InChI=1S/C26H24N4O3/c1-18-9-11-19(12-10-18)25-21-7-3-4-8-22(21)26(31)29(27-25)24-17-20(13-14-23(24)30(32)33)28-15-5-2-6-16-28/h3-4,7-14,17H,2,5-6,15-16H2,1H3. The van der Waals surface area contributed by atoms with Crippen molar-refractivity contribution >= 4 is 22.1 Å². The molecule has 0 saturated carbocycles. The number of anilines is 1. The van der Waals surface area contributed by atoms with Gasteiger partial charge in [0.05, 0.1) is 16.0 Å². The number of rotatable bonds is 4. The molecule has 1 aliphatic rings. The fourth-order valence-electron chi connectivity index (χ4n) is 4.46. The van der Waals surface area contributed by atoms with Gasteiger partial charge in [-0.05, 0) is 44.4 Å². The van der Waals surface area contributed by atoms with E-state index < -0.39 is 4.92 Å². The summed E-state index contributed by atoms with van der Waals surface area (Å²) in [6, 6.07) is 20.1. The van der Waals surface area contributed by atoms with E-state index in [4.69, 9.17) is 0 Å². The van der Waals surface area contributed by atoms with Gasteiger partial charge in [-0.2, -0.15) is 9.78 Å². The first-order valence-corrected chi connectivity index (χ1v) is 11.2. The number of piperidine rings is 1. The Morgan fingerprint density at radius 1 is 0.909 bits per heavy atom. The minimum absolute atomic E-state index is 0.143. The monoisotopic (exact) mass is 440 g/mol. The molecule has 3 aromatic carbocycles. The Morgan fingerprint density at radius 2 is 1.61 bits per heavy atom. The second kappa shape index (κ2) is 8.50. The van der Waals surface area contributed by atoms with Crippen LogP contribution in [0.5, 0.6) is 0 Å². The van der Waals surface area contributed by atoms with Gasteiger partial charge in [0.15, 0.2) is 0 Å². The normalized spacial score (nSPS) is 13.9. The van der Waals surface area contributed by atoms with Crippen LogP contribution in [0.15, 0.2) is 71.5 Å². The van der Waals surface area contributed by atoms with Gasteiger partial charge in [0.2, 0.25) is 0 Å². The molecular formula is C26H24N4O3. The molecule has 4 aromatic rings. The van der Waals surface area contributed by atoms with Crippen molar-refractivity contribution < 1.29 is 4.92 Å². The third kappa shape index (κ3) is 3.86. The SMILES string of the molecule is Cc1ccc(-c2nn(-c3cc(N4CCCCC4)ccc3[N+](=O)[O-])c(=O)c3ccccc23)cc1. The molecule has 166 valence electrons. The van der Waals surface area contributed by atoms with Crippen molar-refractivity contribution in [3.63, 3.8) is 0 Å². The number of fused-ring (bicyclic) bond motifs is 1. The molecule has 33 heavy (non-hydrogen) atoms. The van der Waals surface area contributed by atoms with Crippen LogP contribution in [0.4, 0.5) is 11.4 Å². The number of hydrogen-bond acceptors (Lipinski definition) is 5. The summed E-state index contributed by atoms with van der Waals surface area (Å²) < 4.78 is 1.20. The van der Waals surface area contributed by atoms with Gasteiger partial charge in [0.25, 0.3) is 11.2 Å². The molecule has 0 spiro atoms. The van der Waals surface area contributed by atoms with E-state index in [1.165, 1.54) is 17.2 Å². The van der Waals surface area contributed by atoms with Crippen molar-refractivity contribution in [2.45, 2.75) is 26.2 Å². The van der Waals surface area contributed by atoms with E-state index in [-0.39, 0.29) is 16.9 Å². The van der Waals surface area contributed by atoms with Gasteiger partial charge in [0, 0.05) is 35.8 Å². The maximum atomic E-state index is 13.5. The molecule has 0 N–H and O–H groups in total. The lowest BCUT2D eigenvalue weighted by atomic mass is 10.0. The zero-order valence-corrected chi connectivity index (χ0v) is 18.4. The van der Waals surface area contributed by atoms with Crippen molar-refractivity contribution in [1.29, 1.82) is 0 Å². The van der Waals surface area contributed by atoms with Crippen LogP contribution in [0.25, 0.3) is 27.7 Å². The maximum absolute atomic E-state index is 13.5. The lowest BCUT2D eigenvalue weighted by molar-refractivity contribution is -0.384.